The molecule has 1 aromatic heterocycles. The number of aliphatic imine (C=N–C) groups is 1. The summed E-state index contributed by atoms with van der Waals surface area (Å²) in [6.07, 6.45) is 6.25. The number of fused-ring (bicyclic) bond motifs is 1. The quantitative estimate of drug-likeness (QED) is 0.642. The van der Waals surface area contributed by atoms with Crippen LogP contribution in [-0.2, 0) is 9.53 Å². The van der Waals surface area contributed by atoms with Gasteiger partial charge in [0.05, 0.1) is 36.5 Å². The highest BCUT2D eigenvalue weighted by atomic mass is 79.9. The van der Waals surface area contributed by atoms with Crippen LogP contribution >= 0.6 is 15.9 Å². The predicted molar refractivity (Wildman–Crippen MR) is 96.4 cm³/mol. The molecule has 0 saturated heterocycles. The number of ether oxygens (including phenoxy) is 1. The molecule has 1 aliphatic carbocycles. The molecule has 7 heteroatoms. The Balaban J connectivity index is 1.73. The van der Waals surface area contributed by atoms with E-state index in [0.29, 0.717) is 24.1 Å². The summed E-state index contributed by atoms with van der Waals surface area (Å²) in [5, 5.41) is 0. The maximum atomic E-state index is 11.4. The molecule has 1 saturated carbocycles. The van der Waals surface area contributed by atoms with Crippen LogP contribution in [0.5, 0.6) is 0 Å². The molecule has 0 unspecified atom stereocenters. The van der Waals surface area contributed by atoms with E-state index in [1.165, 1.54) is 13.3 Å². The van der Waals surface area contributed by atoms with Crippen LogP contribution in [0.1, 0.15) is 18.5 Å². The summed E-state index contributed by atoms with van der Waals surface area (Å²) in [5.74, 6) is -0.206. The van der Waals surface area contributed by atoms with Gasteiger partial charge in [-0.1, -0.05) is 6.07 Å². The van der Waals surface area contributed by atoms with E-state index in [4.69, 9.17) is 10.5 Å². The maximum absolute atomic E-state index is 11.4. The summed E-state index contributed by atoms with van der Waals surface area (Å²) in [6, 6.07) is 5.85. The highest BCUT2D eigenvalue weighted by Gasteiger charge is 2.34. The first-order chi connectivity index (χ1) is 11.6. The molecule has 6 nitrogen and oxygen atoms in total. The minimum absolute atomic E-state index is 0.0414. The Morgan fingerprint density at radius 2 is 2.25 bits per heavy atom. The number of halogens is 1. The van der Waals surface area contributed by atoms with Gasteiger partial charge in [-0.3, -0.25) is 14.8 Å². The summed E-state index contributed by atoms with van der Waals surface area (Å²) in [7, 11) is 1.41. The minimum atomic E-state index is -0.165. The number of nitrogens with zero attached hydrogens (tertiary/aromatic N) is 3. The van der Waals surface area contributed by atoms with Gasteiger partial charge in [0.2, 0.25) is 0 Å². The fourth-order valence-corrected chi connectivity index (χ4v) is 3.05. The highest BCUT2D eigenvalue weighted by molar-refractivity contribution is 9.10. The average Bonchev–Trinajstić information content (AvgIpc) is 2.56. The number of rotatable bonds is 4. The number of methoxy groups -OCH3 is 1. The molecule has 24 heavy (non-hydrogen) atoms. The molecule has 0 amide bonds. The molecule has 0 bridgehead atoms. The number of aromatic nitrogens is 2. The molecule has 0 atom stereocenters. The van der Waals surface area contributed by atoms with Crippen molar-refractivity contribution in [3.8, 4) is 0 Å². The van der Waals surface area contributed by atoms with Crippen molar-refractivity contribution < 1.29 is 9.53 Å². The lowest BCUT2D eigenvalue weighted by Crippen LogP contribution is -2.34. The van der Waals surface area contributed by atoms with Crippen LogP contribution in [-0.4, -0.2) is 35.3 Å². The van der Waals surface area contributed by atoms with Crippen LogP contribution < -0.4 is 5.73 Å². The Morgan fingerprint density at radius 1 is 1.46 bits per heavy atom. The first-order valence-corrected chi connectivity index (χ1v) is 8.36. The number of hydrogen-bond acceptors (Lipinski definition) is 6. The molecule has 3 rings (SSSR count). The van der Waals surface area contributed by atoms with E-state index in [1.807, 2.05) is 18.2 Å². The summed E-state index contributed by atoms with van der Waals surface area (Å²) < 4.78 is 5.62. The molecular formula is C17H17BrN4O2. The van der Waals surface area contributed by atoms with Crippen molar-refractivity contribution in [1.29, 1.82) is 0 Å². The lowest BCUT2D eigenvalue weighted by Gasteiger charge is -2.29. The topological polar surface area (TPSA) is 90.5 Å². The summed E-state index contributed by atoms with van der Waals surface area (Å²) in [4.78, 5) is 24.9. The summed E-state index contributed by atoms with van der Waals surface area (Å²) >= 11 is 3.46. The number of allylic oxidation sites excluding steroid dienone is 1. The number of esters is 1. The summed E-state index contributed by atoms with van der Waals surface area (Å²) in [5.41, 5.74) is 8.66. The first kappa shape index (κ1) is 16.6. The SMILES string of the molecule is COC(=O)C1CC(N=CC(=CN)c2cnc3c(Br)cccc3n2)C1. The number of hydrogen-bond donors (Lipinski definition) is 1. The largest absolute Gasteiger partial charge is 0.469 e. The zero-order chi connectivity index (χ0) is 17.1. The molecule has 1 aromatic carbocycles. The molecule has 1 heterocycles. The van der Waals surface area contributed by atoms with Gasteiger partial charge >= 0.3 is 5.97 Å². The van der Waals surface area contributed by atoms with Gasteiger partial charge in [0, 0.05) is 22.5 Å². The number of benzene rings is 1. The molecule has 1 aliphatic rings. The van der Waals surface area contributed by atoms with Crippen LogP contribution in [0.25, 0.3) is 16.6 Å². The molecular weight excluding hydrogens is 372 g/mol. The Morgan fingerprint density at radius 3 is 2.96 bits per heavy atom. The van der Waals surface area contributed by atoms with E-state index in [0.717, 1.165) is 15.5 Å². The Kier molecular flexibility index (Phi) is 4.89. The third-order valence-corrected chi connectivity index (χ3v) is 4.71. The van der Waals surface area contributed by atoms with E-state index >= 15 is 0 Å². The van der Waals surface area contributed by atoms with E-state index in [2.05, 4.69) is 30.9 Å². The van der Waals surface area contributed by atoms with Gasteiger partial charge in [0.1, 0.15) is 5.52 Å². The van der Waals surface area contributed by atoms with E-state index < -0.39 is 0 Å². The number of para-hydroxylation sites is 1. The van der Waals surface area contributed by atoms with Crippen molar-refractivity contribution in [1.82, 2.24) is 9.97 Å². The van der Waals surface area contributed by atoms with Crippen molar-refractivity contribution in [3.05, 3.63) is 40.8 Å². The Hall–Kier alpha value is -2.28. The minimum Gasteiger partial charge on any atom is -0.469 e. The molecule has 0 radical (unpaired) electrons. The molecule has 2 N–H and O–H groups in total. The van der Waals surface area contributed by atoms with Crippen LogP contribution in [0.4, 0.5) is 0 Å². The lowest BCUT2D eigenvalue weighted by molar-refractivity contribution is -0.148. The maximum Gasteiger partial charge on any atom is 0.308 e. The number of carbonyl (C=O) groups excluding carboxylic acids is 1. The van der Waals surface area contributed by atoms with Crippen LogP contribution in [0, 0.1) is 5.92 Å². The second kappa shape index (κ2) is 7.09. The van der Waals surface area contributed by atoms with Gasteiger partial charge in [-0.2, -0.15) is 0 Å². The van der Waals surface area contributed by atoms with E-state index in [1.54, 1.807) is 12.4 Å². The molecule has 1 fully saturated rings. The van der Waals surface area contributed by atoms with Gasteiger partial charge in [-0.25, -0.2) is 4.98 Å². The lowest BCUT2D eigenvalue weighted by atomic mass is 9.81. The molecule has 0 spiro atoms. The standard InChI is InChI=1S/C17H17BrN4O2/c1-24-17(23)10-5-12(6-10)20-8-11(7-19)15-9-21-16-13(18)3-2-4-14(16)22-15/h2-4,7-10,12H,5-6,19H2,1H3. The van der Waals surface area contributed by atoms with Crippen molar-refractivity contribution in [2.24, 2.45) is 16.6 Å². The third-order valence-electron chi connectivity index (χ3n) is 4.07. The molecule has 2 aromatic rings. The normalized spacial score (nSPS) is 21.0. The average molecular weight is 389 g/mol. The second-order valence-electron chi connectivity index (χ2n) is 5.61. The Labute approximate surface area is 148 Å². The smallest absolute Gasteiger partial charge is 0.308 e. The van der Waals surface area contributed by atoms with Gasteiger partial charge in [-0.15, -0.1) is 0 Å². The molecule has 124 valence electrons. The zero-order valence-electron chi connectivity index (χ0n) is 13.1. The highest BCUT2D eigenvalue weighted by Crippen LogP contribution is 2.31. The Bertz CT molecular complexity index is 828. The summed E-state index contributed by atoms with van der Waals surface area (Å²) in [6.45, 7) is 0. The van der Waals surface area contributed by atoms with Crippen LogP contribution in [0.15, 0.2) is 40.1 Å². The van der Waals surface area contributed by atoms with Crippen molar-refractivity contribution in [3.63, 3.8) is 0 Å². The van der Waals surface area contributed by atoms with Gasteiger partial charge < -0.3 is 10.5 Å². The fraction of sp³-hybridized carbons (Fsp3) is 0.294. The number of nitrogens with two attached hydrogens (primary N) is 1. The zero-order valence-corrected chi connectivity index (χ0v) is 14.7. The van der Waals surface area contributed by atoms with Gasteiger partial charge in [0.25, 0.3) is 0 Å². The van der Waals surface area contributed by atoms with Crippen LogP contribution in [0.3, 0.4) is 0 Å². The second-order valence-corrected chi connectivity index (χ2v) is 6.46. The predicted octanol–water partition coefficient (Wildman–Crippen LogP) is 2.71. The monoisotopic (exact) mass is 388 g/mol. The number of carbonyl (C=O) groups is 1. The van der Waals surface area contributed by atoms with Crippen molar-refractivity contribution in [2.75, 3.05) is 7.11 Å². The van der Waals surface area contributed by atoms with Crippen LogP contribution in [0.2, 0.25) is 0 Å². The van der Waals surface area contributed by atoms with Crippen molar-refractivity contribution >= 4 is 44.7 Å². The fourth-order valence-electron chi connectivity index (χ4n) is 2.59. The third kappa shape index (κ3) is 3.31. The van der Waals surface area contributed by atoms with E-state index in [-0.39, 0.29) is 17.9 Å². The van der Waals surface area contributed by atoms with Crippen molar-refractivity contribution in [2.45, 2.75) is 18.9 Å². The van der Waals surface area contributed by atoms with Gasteiger partial charge in [-0.05, 0) is 40.9 Å². The van der Waals surface area contributed by atoms with E-state index in [9.17, 15) is 4.79 Å². The first-order valence-electron chi connectivity index (χ1n) is 7.57. The molecule has 0 aliphatic heterocycles. The van der Waals surface area contributed by atoms with Gasteiger partial charge in [0.15, 0.2) is 0 Å².